The van der Waals surface area contributed by atoms with Gasteiger partial charge in [-0.3, -0.25) is 4.55 Å². The van der Waals surface area contributed by atoms with E-state index in [1.807, 2.05) is 0 Å². The minimum Gasteiger partial charge on any atom is -0.335 e. The van der Waals surface area contributed by atoms with Crippen LogP contribution in [0, 0.1) is 0 Å². The topological polar surface area (TPSA) is 95.5 Å². The summed E-state index contributed by atoms with van der Waals surface area (Å²) >= 11 is 5.78. The Hall–Kier alpha value is -0.310. The molecule has 1 aromatic carbocycles. The van der Waals surface area contributed by atoms with E-state index < -0.39 is 16.1 Å². The van der Waals surface area contributed by atoms with Gasteiger partial charge < -0.3 is 10.6 Å². The molecule has 0 saturated heterocycles. The van der Waals surface area contributed by atoms with Crippen LogP contribution in [0.3, 0.4) is 0 Å². The molecule has 0 unspecified atom stereocenters. The summed E-state index contributed by atoms with van der Waals surface area (Å²) in [7, 11) is -4.37. The zero-order valence-electron chi connectivity index (χ0n) is 12.3. The number of hydrogen-bond donors (Lipinski definition) is 3. The van der Waals surface area contributed by atoms with Gasteiger partial charge in [-0.15, -0.1) is 0 Å². The Morgan fingerprint density at radius 3 is 2.41 bits per heavy atom. The van der Waals surface area contributed by atoms with E-state index in [4.69, 9.17) is 16.2 Å². The SMILES string of the molecule is O=C(Nc1cc(Cl)cc(S(=O)(=O)O)c1)NC1CCCCC1.[Na+]. The summed E-state index contributed by atoms with van der Waals surface area (Å²) in [5, 5.41) is 5.48. The van der Waals surface area contributed by atoms with E-state index in [1.54, 1.807) is 0 Å². The van der Waals surface area contributed by atoms with Crippen molar-refractivity contribution in [1.82, 2.24) is 5.32 Å². The predicted octanol–water partition coefficient (Wildman–Crippen LogP) is 0.0449. The number of anilines is 1. The first-order chi connectivity index (χ1) is 9.84. The molecule has 3 N–H and O–H groups in total. The van der Waals surface area contributed by atoms with Crippen molar-refractivity contribution >= 4 is 33.4 Å². The third kappa shape index (κ3) is 6.06. The van der Waals surface area contributed by atoms with Crippen LogP contribution in [-0.2, 0) is 10.1 Å². The van der Waals surface area contributed by atoms with Crippen LogP contribution in [0.25, 0.3) is 0 Å². The summed E-state index contributed by atoms with van der Waals surface area (Å²) in [5.41, 5.74) is 0.212. The molecule has 1 aromatic rings. The fourth-order valence-electron chi connectivity index (χ4n) is 2.38. The second kappa shape index (κ2) is 8.52. The number of rotatable bonds is 3. The molecule has 0 spiro atoms. The smallest absolute Gasteiger partial charge is 0.335 e. The van der Waals surface area contributed by atoms with Gasteiger partial charge in [0.1, 0.15) is 0 Å². The van der Waals surface area contributed by atoms with Gasteiger partial charge in [-0.2, -0.15) is 8.42 Å². The zero-order valence-corrected chi connectivity index (χ0v) is 15.9. The van der Waals surface area contributed by atoms with Crippen molar-refractivity contribution in [3.05, 3.63) is 23.2 Å². The molecular formula is C13H17ClN2NaO4S+. The number of nitrogens with one attached hydrogen (secondary N) is 2. The third-order valence-electron chi connectivity index (χ3n) is 3.37. The standard InChI is InChI=1S/C13H17ClN2O4S.Na/c14-9-6-11(8-12(7-9)21(18,19)20)16-13(17)15-10-4-2-1-3-5-10;/h6-8,10H,1-5H2,(H2,15,16,17)(H,18,19,20);/q;+1. The summed E-state index contributed by atoms with van der Waals surface area (Å²) in [6.45, 7) is 0. The molecule has 22 heavy (non-hydrogen) atoms. The minimum atomic E-state index is -4.37. The van der Waals surface area contributed by atoms with E-state index >= 15 is 0 Å². The molecule has 1 saturated carbocycles. The van der Waals surface area contributed by atoms with E-state index in [9.17, 15) is 13.2 Å². The van der Waals surface area contributed by atoms with E-state index in [0.29, 0.717) is 0 Å². The number of hydrogen-bond acceptors (Lipinski definition) is 3. The average Bonchev–Trinajstić information content (AvgIpc) is 2.37. The number of carbonyl (C=O) groups excluding carboxylic acids is 1. The Morgan fingerprint density at radius 2 is 1.82 bits per heavy atom. The number of amides is 2. The molecule has 0 bridgehead atoms. The minimum absolute atomic E-state index is 0. The van der Waals surface area contributed by atoms with Crippen LogP contribution in [-0.4, -0.2) is 25.0 Å². The van der Waals surface area contributed by atoms with E-state index in [2.05, 4.69) is 10.6 Å². The summed E-state index contributed by atoms with van der Waals surface area (Å²) < 4.78 is 31.2. The zero-order chi connectivity index (χ0) is 15.5. The van der Waals surface area contributed by atoms with Crippen molar-refractivity contribution < 1.29 is 47.3 Å². The van der Waals surface area contributed by atoms with Crippen LogP contribution in [0.15, 0.2) is 23.1 Å². The summed E-state index contributed by atoms with van der Waals surface area (Å²) in [6.07, 6.45) is 5.26. The normalized spacial score (nSPS) is 15.7. The maximum atomic E-state index is 11.9. The Balaban J connectivity index is 0.00000242. The predicted molar refractivity (Wildman–Crippen MR) is 80.3 cm³/mol. The monoisotopic (exact) mass is 355 g/mol. The molecule has 0 aliphatic heterocycles. The first kappa shape index (κ1) is 19.7. The van der Waals surface area contributed by atoms with Gasteiger partial charge in [-0.1, -0.05) is 30.9 Å². The van der Waals surface area contributed by atoms with Gasteiger partial charge in [-0.05, 0) is 31.0 Å². The van der Waals surface area contributed by atoms with Gasteiger partial charge >= 0.3 is 35.6 Å². The number of benzene rings is 1. The summed E-state index contributed by atoms with van der Waals surface area (Å²) in [6, 6.07) is 3.41. The molecule has 0 atom stereocenters. The van der Waals surface area contributed by atoms with Crippen LogP contribution >= 0.6 is 11.6 Å². The molecule has 0 heterocycles. The van der Waals surface area contributed by atoms with Crippen molar-refractivity contribution in [3.8, 4) is 0 Å². The number of urea groups is 1. The fraction of sp³-hybridized carbons (Fsp3) is 0.462. The quantitative estimate of drug-likeness (QED) is 0.527. The molecule has 2 amide bonds. The Kier molecular flexibility index (Phi) is 7.64. The van der Waals surface area contributed by atoms with E-state index in [0.717, 1.165) is 37.8 Å². The van der Waals surface area contributed by atoms with Crippen molar-refractivity contribution in [1.29, 1.82) is 0 Å². The fourth-order valence-corrected chi connectivity index (χ4v) is 3.23. The van der Waals surface area contributed by atoms with Gasteiger partial charge in [0.15, 0.2) is 0 Å². The second-order valence-electron chi connectivity index (χ2n) is 5.08. The van der Waals surface area contributed by atoms with Crippen LogP contribution < -0.4 is 40.2 Å². The number of halogens is 1. The number of carbonyl (C=O) groups is 1. The van der Waals surface area contributed by atoms with Crippen LogP contribution in [0.4, 0.5) is 10.5 Å². The maximum absolute atomic E-state index is 11.9. The Labute approximate surface area is 157 Å². The van der Waals surface area contributed by atoms with E-state index in [-0.39, 0.29) is 51.2 Å². The second-order valence-corrected chi connectivity index (χ2v) is 6.94. The van der Waals surface area contributed by atoms with Crippen molar-refractivity contribution in [2.24, 2.45) is 0 Å². The van der Waals surface area contributed by atoms with Gasteiger partial charge in [-0.25, -0.2) is 4.79 Å². The first-order valence-electron chi connectivity index (χ1n) is 6.70. The molecule has 1 fully saturated rings. The van der Waals surface area contributed by atoms with Crippen LogP contribution in [0.2, 0.25) is 5.02 Å². The molecule has 1 aliphatic carbocycles. The average molecular weight is 356 g/mol. The van der Waals surface area contributed by atoms with Gasteiger partial charge in [0.25, 0.3) is 10.1 Å². The van der Waals surface area contributed by atoms with Crippen molar-refractivity contribution in [3.63, 3.8) is 0 Å². The molecule has 1 aliphatic rings. The largest absolute Gasteiger partial charge is 1.00 e. The molecule has 9 heteroatoms. The van der Waals surface area contributed by atoms with Crippen LogP contribution in [0.5, 0.6) is 0 Å². The van der Waals surface area contributed by atoms with Crippen molar-refractivity contribution in [2.75, 3.05) is 5.32 Å². The van der Waals surface area contributed by atoms with Crippen LogP contribution in [0.1, 0.15) is 32.1 Å². The molecule has 2 rings (SSSR count). The van der Waals surface area contributed by atoms with Crippen molar-refractivity contribution in [2.45, 2.75) is 43.0 Å². The summed E-state index contributed by atoms with van der Waals surface area (Å²) in [5.74, 6) is 0. The molecule has 6 nitrogen and oxygen atoms in total. The Morgan fingerprint density at radius 1 is 1.18 bits per heavy atom. The van der Waals surface area contributed by atoms with Gasteiger partial charge in [0.05, 0.1) is 4.90 Å². The van der Waals surface area contributed by atoms with E-state index in [1.165, 1.54) is 12.5 Å². The van der Waals surface area contributed by atoms with Gasteiger partial charge in [0, 0.05) is 16.8 Å². The molecule has 0 aromatic heterocycles. The van der Waals surface area contributed by atoms with Gasteiger partial charge in [0.2, 0.25) is 0 Å². The molecule has 0 radical (unpaired) electrons. The first-order valence-corrected chi connectivity index (χ1v) is 8.52. The Bertz CT molecular complexity index is 633. The summed E-state index contributed by atoms with van der Waals surface area (Å²) in [4.78, 5) is 11.5. The maximum Gasteiger partial charge on any atom is 1.00 e. The third-order valence-corrected chi connectivity index (χ3v) is 4.42. The molecule has 116 valence electrons. The molecular weight excluding hydrogens is 339 g/mol.